The number of esters is 2. The largest absolute Gasteiger partial charge is 0.479 e. The van der Waals surface area contributed by atoms with Crippen molar-refractivity contribution in [2.45, 2.75) is 77.9 Å². The standard InChI is InChI=1S/C28H37BrN2O6S/c1-6-15-30-27(34)31(19-12-8-7-9-13-19)20-14-10-11-18(16-20)24-22(29)23(25(38-24)26(33)35-5)36-17-21(32)37-28(2,3)4/h10-11,14,16,19H,6-9,12-13,15,17H2,1-5H3,(H,30,34). The monoisotopic (exact) mass is 608 g/mol. The van der Waals surface area contributed by atoms with Crippen molar-refractivity contribution in [3.63, 3.8) is 0 Å². The molecule has 1 aromatic carbocycles. The zero-order valence-corrected chi connectivity index (χ0v) is 25.1. The fourth-order valence-electron chi connectivity index (χ4n) is 4.39. The van der Waals surface area contributed by atoms with E-state index >= 15 is 0 Å². The highest BCUT2D eigenvalue weighted by Crippen LogP contribution is 2.46. The molecule has 0 bridgehead atoms. The van der Waals surface area contributed by atoms with E-state index in [2.05, 4.69) is 21.2 Å². The third kappa shape index (κ3) is 7.72. The lowest BCUT2D eigenvalue weighted by molar-refractivity contribution is -0.157. The van der Waals surface area contributed by atoms with Gasteiger partial charge in [-0.2, -0.15) is 0 Å². The molecule has 1 aliphatic carbocycles. The van der Waals surface area contributed by atoms with Crippen molar-refractivity contribution < 1.29 is 28.6 Å². The van der Waals surface area contributed by atoms with Crippen molar-refractivity contribution in [3.8, 4) is 16.2 Å². The van der Waals surface area contributed by atoms with Gasteiger partial charge < -0.3 is 19.5 Å². The summed E-state index contributed by atoms with van der Waals surface area (Å²) in [5.74, 6) is -0.894. The van der Waals surface area contributed by atoms with Crippen molar-refractivity contribution in [3.05, 3.63) is 33.6 Å². The quantitative estimate of drug-likeness (QED) is 0.310. The van der Waals surface area contributed by atoms with E-state index in [4.69, 9.17) is 14.2 Å². The average Bonchev–Trinajstić information content (AvgIpc) is 3.21. The number of hydrogen-bond donors (Lipinski definition) is 1. The van der Waals surface area contributed by atoms with Crippen LogP contribution in [0.25, 0.3) is 10.4 Å². The average molecular weight is 610 g/mol. The SMILES string of the molecule is CCCNC(=O)N(c1cccc(-c2sc(C(=O)OC)c(OCC(=O)OC(C)(C)C)c2Br)c1)C1CCCCC1. The van der Waals surface area contributed by atoms with Crippen molar-refractivity contribution in [2.75, 3.05) is 25.2 Å². The Morgan fingerprint density at radius 1 is 1.16 bits per heavy atom. The minimum absolute atomic E-state index is 0.0993. The van der Waals surface area contributed by atoms with Crippen LogP contribution in [0.4, 0.5) is 10.5 Å². The van der Waals surface area contributed by atoms with Crippen LogP contribution in [0.5, 0.6) is 5.75 Å². The third-order valence-corrected chi connectivity index (χ3v) is 8.22. The lowest BCUT2D eigenvalue weighted by Crippen LogP contribution is -2.47. The van der Waals surface area contributed by atoms with Crippen LogP contribution in [0.1, 0.15) is 75.9 Å². The first kappa shape index (κ1) is 30.0. The zero-order valence-electron chi connectivity index (χ0n) is 22.7. The summed E-state index contributed by atoms with van der Waals surface area (Å²) in [4.78, 5) is 40.9. The minimum Gasteiger partial charge on any atom is -0.479 e. The highest BCUT2D eigenvalue weighted by Gasteiger charge is 2.29. The number of carbonyl (C=O) groups is 3. The molecule has 2 amide bonds. The van der Waals surface area contributed by atoms with Gasteiger partial charge in [0.05, 0.1) is 16.5 Å². The van der Waals surface area contributed by atoms with Gasteiger partial charge in [0.15, 0.2) is 17.2 Å². The molecule has 0 spiro atoms. The van der Waals surface area contributed by atoms with Gasteiger partial charge >= 0.3 is 18.0 Å². The summed E-state index contributed by atoms with van der Waals surface area (Å²) in [6, 6.07) is 7.74. The molecule has 3 rings (SSSR count). The van der Waals surface area contributed by atoms with E-state index in [0.717, 1.165) is 48.2 Å². The fourth-order valence-corrected chi connectivity index (χ4v) is 6.35. The predicted octanol–water partition coefficient (Wildman–Crippen LogP) is 6.94. The van der Waals surface area contributed by atoms with Crippen molar-refractivity contribution in [1.82, 2.24) is 5.32 Å². The molecular formula is C28H37BrN2O6S. The van der Waals surface area contributed by atoms with Crippen molar-refractivity contribution in [1.29, 1.82) is 0 Å². The van der Waals surface area contributed by atoms with E-state index in [1.807, 2.05) is 36.1 Å². The van der Waals surface area contributed by atoms with Gasteiger partial charge in [-0.25, -0.2) is 14.4 Å². The number of hydrogen-bond acceptors (Lipinski definition) is 7. The number of nitrogens with zero attached hydrogens (tertiary/aromatic N) is 1. The first-order valence-corrected chi connectivity index (χ1v) is 14.6. The lowest BCUT2D eigenvalue weighted by atomic mass is 9.94. The van der Waals surface area contributed by atoms with Crippen LogP contribution in [0.15, 0.2) is 28.7 Å². The predicted molar refractivity (Wildman–Crippen MR) is 153 cm³/mol. The summed E-state index contributed by atoms with van der Waals surface area (Å²) in [6.07, 6.45) is 6.15. The number of halogens is 1. The Labute approximate surface area is 237 Å². The van der Waals surface area contributed by atoms with Crippen LogP contribution >= 0.6 is 27.3 Å². The minimum atomic E-state index is -0.656. The normalized spacial score (nSPS) is 14.1. The molecule has 0 radical (unpaired) electrons. The topological polar surface area (TPSA) is 94.2 Å². The van der Waals surface area contributed by atoms with Crippen LogP contribution in [-0.4, -0.2) is 49.9 Å². The molecule has 1 heterocycles. The summed E-state index contributed by atoms with van der Waals surface area (Å²) in [5, 5.41) is 3.03. The molecule has 0 unspecified atom stereocenters. The number of carbonyl (C=O) groups excluding carboxylic acids is 3. The van der Waals surface area contributed by atoms with Crippen LogP contribution < -0.4 is 15.0 Å². The van der Waals surface area contributed by atoms with Crippen LogP contribution in [-0.2, 0) is 14.3 Å². The molecule has 0 aliphatic heterocycles. The van der Waals surface area contributed by atoms with E-state index in [1.54, 1.807) is 20.8 Å². The summed E-state index contributed by atoms with van der Waals surface area (Å²) in [6.45, 7) is 7.60. The Hall–Kier alpha value is -2.59. The number of ether oxygens (including phenoxy) is 3. The number of anilines is 1. The molecule has 1 fully saturated rings. The first-order chi connectivity index (χ1) is 18.1. The maximum Gasteiger partial charge on any atom is 0.351 e. The second-order valence-corrected chi connectivity index (χ2v) is 12.0. The summed E-state index contributed by atoms with van der Waals surface area (Å²) in [5.41, 5.74) is 0.941. The molecule has 0 saturated heterocycles. The highest BCUT2D eigenvalue weighted by molar-refractivity contribution is 9.10. The van der Waals surface area contributed by atoms with Gasteiger partial charge in [0.25, 0.3) is 0 Å². The number of benzene rings is 1. The maximum absolute atomic E-state index is 13.2. The van der Waals surface area contributed by atoms with Gasteiger partial charge in [0, 0.05) is 18.3 Å². The molecule has 1 saturated carbocycles. The van der Waals surface area contributed by atoms with Gasteiger partial charge in [-0.1, -0.05) is 38.3 Å². The molecule has 10 heteroatoms. The second-order valence-electron chi connectivity index (χ2n) is 10.2. The molecular weight excluding hydrogens is 572 g/mol. The lowest BCUT2D eigenvalue weighted by Gasteiger charge is -2.34. The number of urea groups is 1. The highest BCUT2D eigenvalue weighted by atomic mass is 79.9. The molecule has 1 N–H and O–H groups in total. The van der Waals surface area contributed by atoms with E-state index in [-0.39, 0.29) is 29.3 Å². The number of thiophene rings is 1. The van der Waals surface area contributed by atoms with Gasteiger partial charge in [0.2, 0.25) is 0 Å². The number of amides is 2. The number of rotatable bonds is 9. The van der Waals surface area contributed by atoms with Crippen LogP contribution in [0, 0.1) is 0 Å². The maximum atomic E-state index is 13.2. The molecule has 208 valence electrons. The number of methoxy groups -OCH3 is 1. The second kappa shape index (κ2) is 13.5. The molecule has 8 nitrogen and oxygen atoms in total. The summed E-state index contributed by atoms with van der Waals surface area (Å²) >= 11 is 4.78. The summed E-state index contributed by atoms with van der Waals surface area (Å²) in [7, 11) is 1.30. The zero-order chi connectivity index (χ0) is 27.9. The van der Waals surface area contributed by atoms with Crippen molar-refractivity contribution >= 4 is 50.9 Å². The van der Waals surface area contributed by atoms with E-state index < -0.39 is 17.5 Å². The van der Waals surface area contributed by atoms with Crippen molar-refractivity contribution in [2.24, 2.45) is 0 Å². The molecule has 1 aliphatic rings. The molecule has 2 aromatic rings. The first-order valence-electron chi connectivity index (χ1n) is 13.0. The van der Waals surface area contributed by atoms with Crippen LogP contribution in [0.3, 0.4) is 0 Å². The van der Waals surface area contributed by atoms with Gasteiger partial charge in [-0.15, -0.1) is 11.3 Å². The smallest absolute Gasteiger partial charge is 0.351 e. The third-order valence-electron chi connectivity index (χ3n) is 6.01. The molecule has 0 atom stereocenters. The molecule has 38 heavy (non-hydrogen) atoms. The van der Waals surface area contributed by atoms with Gasteiger partial charge in [0.1, 0.15) is 5.60 Å². The van der Waals surface area contributed by atoms with Gasteiger partial charge in [-0.05, 0) is 73.7 Å². The Kier molecular flexibility index (Phi) is 10.6. The van der Waals surface area contributed by atoms with Crippen LogP contribution in [0.2, 0.25) is 0 Å². The van der Waals surface area contributed by atoms with E-state index in [1.165, 1.54) is 24.9 Å². The Morgan fingerprint density at radius 2 is 1.87 bits per heavy atom. The Balaban J connectivity index is 1.96. The van der Waals surface area contributed by atoms with E-state index in [9.17, 15) is 14.4 Å². The summed E-state index contributed by atoms with van der Waals surface area (Å²) < 4.78 is 16.6. The Morgan fingerprint density at radius 3 is 2.50 bits per heavy atom. The fraction of sp³-hybridized carbons (Fsp3) is 0.536. The molecule has 1 aromatic heterocycles. The number of nitrogens with one attached hydrogen (secondary N) is 1. The Bertz CT molecular complexity index is 1140. The van der Waals surface area contributed by atoms with Gasteiger partial charge in [-0.3, -0.25) is 4.90 Å². The van der Waals surface area contributed by atoms with E-state index in [0.29, 0.717) is 11.0 Å².